The van der Waals surface area contributed by atoms with E-state index in [1.165, 1.54) is 4.88 Å². The summed E-state index contributed by atoms with van der Waals surface area (Å²) in [5.74, 6) is -0.00963. The molecule has 0 saturated carbocycles. The highest BCUT2D eigenvalue weighted by Crippen LogP contribution is 2.16. The Bertz CT molecular complexity index is 304. The molecule has 0 atom stereocenters. The van der Waals surface area contributed by atoms with Crippen LogP contribution in [-0.4, -0.2) is 12.5 Å². The van der Waals surface area contributed by atoms with Crippen molar-refractivity contribution in [3.63, 3.8) is 0 Å². The maximum atomic E-state index is 11.4. The number of hydrogen-bond donors (Lipinski definition) is 1. The van der Waals surface area contributed by atoms with E-state index >= 15 is 0 Å². The fourth-order valence-corrected chi connectivity index (χ4v) is 1.81. The predicted octanol–water partition coefficient (Wildman–Crippen LogP) is 2.23. The third-order valence-corrected chi connectivity index (χ3v) is 2.87. The third kappa shape index (κ3) is 2.70. The number of aryl methyl sites for hydroxylation is 1. The Morgan fingerprint density at radius 2 is 2.46 bits per heavy atom. The van der Waals surface area contributed by atoms with E-state index in [-0.39, 0.29) is 5.91 Å². The van der Waals surface area contributed by atoms with Gasteiger partial charge in [-0.2, -0.15) is 0 Å². The Morgan fingerprint density at radius 3 is 3.00 bits per heavy atom. The fraction of sp³-hybridized carbons (Fsp3) is 0.300. The first-order valence-electron chi connectivity index (χ1n) is 4.25. The van der Waals surface area contributed by atoms with E-state index in [0.717, 1.165) is 11.3 Å². The van der Waals surface area contributed by atoms with Crippen LogP contribution in [0.1, 0.15) is 21.5 Å². The molecule has 0 aliphatic carbocycles. The van der Waals surface area contributed by atoms with E-state index in [1.807, 2.05) is 12.1 Å². The van der Waals surface area contributed by atoms with E-state index in [2.05, 4.69) is 18.8 Å². The number of amides is 1. The number of carbonyl (C=O) groups excluding carboxylic acids is 1. The molecule has 0 saturated heterocycles. The van der Waals surface area contributed by atoms with Gasteiger partial charge in [0.15, 0.2) is 0 Å². The monoisotopic (exact) mass is 195 g/mol. The van der Waals surface area contributed by atoms with Crippen molar-refractivity contribution in [2.24, 2.45) is 0 Å². The molecule has 1 amide bonds. The lowest BCUT2D eigenvalue weighted by molar-refractivity contribution is 0.0962. The van der Waals surface area contributed by atoms with Gasteiger partial charge in [0.2, 0.25) is 0 Å². The largest absolute Gasteiger partial charge is 0.348 e. The zero-order valence-corrected chi connectivity index (χ0v) is 8.49. The van der Waals surface area contributed by atoms with Gasteiger partial charge in [-0.25, -0.2) is 0 Å². The van der Waals surface area contributed by atoms with Crippen LogP contribution in [0, 0.1) is 0 Å². The smallest absolute Gasteiger partial charge is 0.261 e. The highest BCUT2D eigenvalue weighted by atomic mass is 32.1. The van der Waals surface area contributed by atoms with E-state index < -0.39 is 0 Å². The molecular weight excluding hydrogens is 182 g/mol. The van der Waals surface area contributed by atoms with E-state index in [0.29, 0.717) is 6.54 Å². The second-order valence-corrected chi connectivity index (χ2v) is 3.79. The molecule has 1 aromatic heterocycles. The van der Waals surface area contributed by atoms with Gasteiger partial charge in [0.25, 0.3) is 5.91 Å². The molecule has 3 heteroatoms. The van der Waals surface area contributed by atoms with Crippen LogP contribution in [0.15, 0.2) is 24.8 Å². The predicted molar refractivity (Wildman–Crippen MR) is 56.2 cm³/mol. The topological polar surface area (TPSA) is 29.1 Å². The Labute approximate surface area is 82.3 Å². The van der Waals surface area contributed by atoms with Gasteiger partial charge in [0.1, 0.15) is 0 Å². The highest BCUT2D eigenvalue weighted by molar-refractivity contribution is 7.14. The number of thiophene rings is 1. The number of carbonyl (C=O) groups is 1. The lowest BCUT2D eigenvalue weighted by Gasteiger charge is -1.97. The lowest BCUT2D eigenvalue weighted by Crippen LogP contribution is -2.21. The van der Waals surface area contributed by atoms with Crippen molar-refractivity contribution in [2.75, 3.05) is 6.54 Å². The van der Waals surface area contributed by atoms with Crippen LogP contribution in [0.25, 0.3) is 0 Å². The van der Waals surface area contributed by atoms with Crippen LogP contribution < -0.4 is 5.32 Å². The molecule has 0 radical (unpaired) electrons. The SMILES string of the molecule is C=CCNC(=O)c1ccc(CC)s1. The van der Waals surface area contributed by atoms with Crippen LogP contribution in [-0.2, 0) is 6.42 Å². The molecular formula is C10H13NOS. The zero-order chi connectivity index (χ0) is 9.68. The van der Waals surface area contributed by atoms with Crippen LogP contribution >= 0.6 is 11.3 Å². The Hall–Kier alpha value is -1.09. The van der Waals surface area contributed by atoms with Gasteiger partial charge < -0.3 is 5.32 Å². The van der Waals surface area contributed by atoms with Crippen molar-refractivity contribution < 1.29 is 4.79 Å². The van der Waals surface area contributed by atoms with Gasteiger partial charge in [-0.15, -0.1) is 17.9 Å². The van der Waals surface area contributed by atoms with E-state index in [9.17, 15) is 4.79 Å². The van der Waals surface area contributed by atoms with Gasteiger partial charge in [-0.05, 0) is 18.6 Å². The molecule has 1 rings (SSSR count). The van der Waals surface area contributed by atoms with Gasteiger partial charge in [-0.3, -0.25) is 4.79 Å². The summed E-state index contributed by atoms with van der Waals surface area (Å²) < 4.78 is 0. The molecule has 13 heavy (non-hydrogen) atoms. The molecule has 1 N–H and O–H groups in total. The number of hydrogen-bond acceptors (Lipinski definition) is 2. The number of nitrogens with one attached hydrogen (secondary N) is 1. The van der Waals surface area contributed by atoms with E-state index in [4.69, 9.17) is 0 Å². The normalized spacial score (nSPS) is 9.62. The molecule has 1 aromatic rings. The Kier molecular flexibility index (Phi) is 3.71. The molecule has 0 spiro atoms. The second-order valence-electron chi connectivity index (χ2n) is 2.62. The Balaban J connectivity index is 2.60. The maximum absolute atomic E-state index is 11.4. The van der Waals surface area contributed by atoms with Crippen molar-refractivity contribution in [1.29, 1.82) is 0 Å². The van der Waals surface area contributed by atoms with Crippen LogP contribution in [0.2, 0.25) is 0 Å². The van der Waals surface area contributed by atoms with Crippen LogP contribution in [0.4, 0.5) is 0 Å². The van der Waals surface area contributed by atoms with Gasteiger partial charge in [0.05, 0.1) is 4.88 Å². The van der Waals surface area contributed by atoms with Crippen molar-refractivity contribution in [2.45, 2.75) is 13.3 Å². The average Bonchev–Trinajstić information content (AvgIpc) is 2.62. The lowest BCUT2D eigenvalue weighted by atomic mass is 10.3. The summed E-state index contributed by atoms with van der Waals surface area (Å²) in [4.78, 5) is 13.4. The maximum Gasteiger partial charge on any atom is 0.261 e. The summed E-state index contributed by atoms with van der Waals surface area (Å²) in [6.45, 7) is 6.14. The first-order chi connectivity index (χ1) is 6.27. The molecule has 0 aromatic carbocycles. The Morgan fingerprint density at radius 1 is 1.69 bits per heavy atom. The van der Waals surface area contributed by atoms with Crippen LogP contribution in [0.3, 0.4) is 0 Å². The summed E-state index contributed by atoms with van der Waals surface area (Å²) in [6, 6.07) is 3.86. The second kappa shape index (κ2) is 4.82. The molecule has 0 bridgehead atoms. The minimum absolute atomic E-state index is 0.00963. The minimum atomic E-state index is -0.00963. The van der Waals surface area contributed by atoms with Crippen molar-refractivity contribution >= 4 is 17.2 Å². The van der Waals surface area contributed by atoms with Gasteiger partial charge >= 0.3 is 0 Å². The van der Waals surface area contributed by atoms with Gasteiger partial charge in [-0.1, -0.05) is 13.0 Å². The van der Waals surface area contributed by atoms with E-state index in [1.54, 1.807) is 17.4 Å². The summed E-state index contributed by atoms with van der Waals surface area (Å²) in [6.07, 6.45) is 2.66. The summed E-state index contributed by atoms with van der Waals surface area (Å²) in [5, 5.41) is 2.74. The summed E-state index contributed by atoms with van der Waals surface area (Å²) in [5.41, 5.74) is 0. The first-order valence-corrected chi connectivity index (χ1v) is 5.07. The number of rotatable bonds is 4. The molecule has 1 heterocycles. The third-order valence-electron chi connectivity index (χ3n) is 1.64. The van der Waals surface area contributed by atoms with Gasteiger partial charge in [0, 0.05) is 11.4 Å². The first kappa shape index (κ1) is 9.99. The van der Waals surface area contributed by atoms with Crippen LogP contribution in [0.5, 0.6) is 0 Å². The van der Waals surface area contributed by atoms with Crippen molar-refractivity contribution in [3.8, 4) is 0 Å². The molecule has 0 aliphatic heterocycles. The molecule has 0 fully saturated rings. The summed E-state index contributed by atoms with van der Waals surface area (Å²) >= 11 is 1.55. The molecule has 0 unspecified atom stereocenters. The molecule has 0 aliphatic rings. The summed E-state index contributed by atoms with van der Waals surface area (Å²) in [7, 11) is 0. The fourth-order valence-electron chi connectivity index (χ4n) is 0.942. The quantitative estimate of drug-likeness (QED) is 0.733. The average molecular weight is 195 g/mol. The standard InChI is InChI=1S/C10H13NOS/c1-3-7-11-10(12)9-6-5-8(4-2)13-9/h3,5-6H,1,4,7H2,2H3,(H,11,12). The van der Waals surface area contributed by atoms with Crippen molar-refractivity contribution in [3.05, 3.63) is 34.5 Å². The minimum Gasteiger partial charge on any atom is -0.348 e. The molecule has 70 valence electrons. The zero-order valence-electron chi connectivity index (χ0n) is 7.67. The highest BCUT2D eigenvalue weighted by Gasteiger charge is 2.06. The van der Waals surface area contributed by atoms with Crippen molar-refractivity contribution in [1.82, 2.24) is 5.32 Å². The molecule has 2 nitrogen and oxygen atoms in total.